The second-order valence-electron chi connectivity index (χ2n) is 8.21. The molecule has 1 N–H and O–H groups in total. The summed E-state index contributed by atoms with van der Waals surface area (Å²) in [6, 6.07) is 4.06. The third kappa shape index (κ3) is 1.18. The minimum atomic E-state index is -1.00. The maximum absolute atomic E-state index is 13.4. The molecule has 1 saturated heterocycles. The van der Waals surface area contributed by atoms with Gasteiger partial charge in [0, 0.05) is 30.1 Å². The standard InChI is InChI=1S/C20H18N2O4/c23-16-17(24)22-13-9-15-14(25-10-26-15)8-11(13)12-2-7-21-6-1-3-19(16)4-5-20(12,22)18(19)21/h1-3,8-9,16,18,23H,4-7,10H2/t16-,18-,19-,20+/m0/s1. The molecular formula is C20H18N2O4. The van der Waals surface area contributed by atoms with E-state index >= 15 is 0 Å². The highest BCUT2D eigenvalue weighted by atomic mass is 16.7. The number of rotatable bonds is 0. The molecule has 0 unspecified atom stereocenters. The van der Waals surface area contributed by atoms with Crippen LogP contribution in [0.2, 0.25) is 0 Å². The van der Waals surface area contributed by atoms with Gasteiger partial charge in [-0.15, -0.1) is 0 Å². The maximum Gasteiger partial charge on any atom is 0.257 e. The van der Waals surface area contributed by atoms with Crippen molar-refractivity contribution in [3.63, 3.8) is 0 Å². The molecule has 7 rings (SSSR count). The van der Waals surface area contributed by atoms with Crippen LogP contribution in [0.15, 0.2) is 30.4 Å². The van der Waals surface area contributed by atoms with Gasteiger partial charge in [-0.05, 0) is 24.5 Å². The van der Waals surface area contributed by atoms with E-state index in [1.165, 1.54) is 5.57 Å². The molecule has 26 heavy (non-hydrogen) atoms. The highest BCUT2D eigenvalue weighted by Gasteiger charge is 2.74. The highest BCUT2D eigenvalue weighted by molar-refractivity contribution is 6.12. The summed E-state index contributed by atoms with van der Waals surface area (Å²) in [4.78, 5) is 17.7. The number of aliphatic hydroxyl groups is 1. The fraction of sp³-hybridized carbons (Fsp3) is 0.450. The van der Waals surface area contributed by atoms with E-state index in [0.29, 0.717) is 5.75 Å². The largest absolute Gasteiger partial charge is 0.454 e. The monoisotopic (exact) mass is 350 g/mol. The molecule has 6 heteroatoms. The summed E-state index contributed by atoms with van der Waals surface area (Å²) >= 11 is 0. The molecule has 5 aliphatic heterocycles. The lowest BCUT2D eigenvalue weighted by Crippen LogP contribution is -2.74. The molecule has 2 bridgehead atoms. The van der Waals surface area contributed by atoms with Crippen LogP contribution in [-0.2, 0) is 4.79 Å². The Morgan fingerprint density at radius 1 is 1.15 bits per heavy atom. The first-order valence-corrected chi connectivity index (χ1v) is 9.25. The fourth-order valence-corrected chi connectivity index (χ4v) is 6.59. The molecule has 1 aromatic rings. The molecule has 5 heterocycles. The quantitative estimate of drug-likeness (QED) is 0.715. The van der Waals surface area contributed by atoms with Gasteiger partial charge in [0.2, 0.25) is 6.79 Å². The van der Waals surface area contributed by atoms with Crippen LogP contribution < -0.4 is 14.4 Å². The number of amides is 1. The molecule has 132 valence electrons. The Bertz CT molecular complexity index is 969. The van der Waals surface area contributed by atoms with Crippen molar-refractivity contribution in [3.05, 3.63) is 35.9 Å². The molecule has 6 aliphatic rings. The number of carbonyl (C=O) groups is 1. The van der Waals surface area contributed by atoms with E-state index in [1.807, 2.05) is 17.0 Å². The first-order valence-electron chi connectivity index (χ1n) is 9.25. The first-order chi connectivity index (χ1) is 12.7. The molecule has 2 fully saturated rings. The molecule has 1 spiro atoms. The maximum atomic E-state index is 13.4. The normalized spacial score (nSPS) is 40.6. The number of aliphatic hydroxyl groups excluding tert-OH is 1. The third-order valence-corrected chi connectivity index (χ3v) is 7.41. The second-order valence-corrected chi connectivity index (χ2v) is 8.21. The Hall–Kier alpha value is -2.31. The molecule has 1 aliphatic carbocycles. The van der Waals surface area contributed by atoms with Gasteiger partial charge in [-0.1, -0.05) is 18.2 Å². The van der Waals surface area contributed by atoms with Crippen LogP contribution in [-0.4, -0.2) is 53.5 Å². The van der Waals surface area contributed by atoms with Crippen molar-refractivity contribution in [1.29, 1.82) is 0 Å². The topological polar surface area (TPSA) is 62.2 Å². The van der Waals surface area contributed by atoms with Crippen LogP contribution >= 0.6 is 0 Å². The smallest absolute Gasteiger partial charge is 0.257 e. The Labute approximate surface area is 150 Å². The summed E-state index contributed by atoms with van der Waals surface area (Å²) in [5.74, 6) is 1.23. The van der Waals surface area contributed by atoms with Gasteiger partial charge in [0.25, 0.3) is 5.91 Å². The summed E-state index contributed by atoms with van der Waals surface area (Å²) in [5.41, 5.74) is 2.29. The Balaban J connectivity index is 1.56. The van der Waals surface area contributed by atoms with Crippen LogP contribution in [0.1, 0.15) is 18.4 Å². The van der Waals surface area contributed by atoms with Gasteiger partial charge >= 0.3 is 0 Å². The number of carbonyl (C=O) groups excluding carboxylic acids is 1. The SMILES string of the molecule is O=C1[C@H](O)[C@]23C=CCN4CC=C5c6cc7c(cc6N1[C@@]5(CC2)[C@@H]43)OCO7. The molecule has 0 radical (unpaired) electrons. The number of benzene rings is 1. The number of hydrogen-bond acceptors (Lipinski definition) is 5. The lowest BCUT2D eigenvalue weighted by molar-refractivity contribution is -0.140. The molecular weight excluding hydrogens is 332 g/mol. The summed E-state index contributed by atoms with van der Waals surface area (Å²) in [7, 11) is 0. The summed E-state index contributed by atoms with van der Waals surface area (Å²) < 4.78 is 11.2. The summed E-state index contributed by atoms with van der Waals surface area (Å²) in [5, 5.41) is 11.1. The fourth-order valence-electron chi connectivity index (χ4n) is 6.59. The third-order valence-electron chi connectivity index (χ3n) is 7.41. The first kappa shape index (κ1) is 13.8. The number of hydrogen-bond donors (Lipinski definition) is 1. The van der Waals surface area contributed by atoms with E-state index < -0.39 is 11.5 Å². The van der Waals surface area contributed by atoms with Crippen molar-refractivity contribution < 1.29 is 19.4 Å². The second kappa shape index (κ2) is 4.00. The van der Waals surface area contributed by atoms with Crippen LogP contribution in [0.4, 0.5) is 5.69 Å². The van der Waals surface area contributed by atoms with E-state index in [9.17, 15) is 9.90 Å². The number of anilines is 1. The molecule has 0 aromatic heterocycles. The van der Waals surface area contributed by atoms with Gasteiger partial charge in [0.1, 0.15) is 6.10 Å². The van der Waals surface area contributed by atoms with Crippen LogP contribution in [0.3, 0.4) is 0 Å². The van der Waals surface area contributed by atoms with Gasteiger partial charge < -0.3 is 14.6 Å². The van der Waals surface area contributed by atoms with Crippen molar-refractivity contribution in [1.82, 2.24) is 4.90 Å². The zero-order valence-electron chi connectivity index (χ0n) is 14.1. The van der Waals surface area contributed by atoms with Crippen molar-refractivity contribution in [2.75, 3.05) is 24.8 Å². The van der Waals surface area contributed by atoms with E-state index in [2.05, 4.69) is 23.1 Å². The average Bonchev–Trinajstić information content (AvgIpc) is 3.31. The van der Waals surface area contributed by atoms with Crippen molar-refractivity contribution in [3.8, 4) is 11.5 Å². The van der Waals surface area contributed by atoms with E-state index in [0.717, 1.165) is 42.9 Å². The zero-order chi connectivity index (χ0) is 17.3. The molecule has 1 aromatic carbocycles. The van der Waals surface area contributed by atoms with Crippen molar-refractivity contribution in [2.45, 2.75) is 30.5 Å². The Morgan fingerprint density at radius 2 is 2.00 bits per heavy atom. The van der Waals surface area contributed by atoms with Crippen molar-refractivity contribution >= 4 is 17.2 Å². The molecule has 1 saturated carbocycles. The molecule has 4 atom stereocenters. The predicted octanol–water partition coefficient (Wildman–Crippen LogP) is 1.29. The van der Waals surface area contributed by atoms with Crippen LogP contribution in [0.25, 0.3) is 5.57 Å². The summed E-state index contributed by atoms with van der Waals surface area (Å²) in [6.07, 6.45) is 7.22. The van der Waals surface area contributed by atoms with Crippen LogP contribution in [0, 0.1) is 5.41 Å². The van der Waals surface area contributed by atoms with Gasteiger partial charge in [-0.3, -0.25) is 14.6 Å². The predicted molar refractivity (Wildman–Crippen MR) is 92.9 cm³/mol. The zero-order valence-corrected chi connectivity index (χ0v) is 14.1. The minimum Gasteiger partial charge on any atom is -0.454 e. The lowest BCUT2D eigenvalue weighted by Gasteiger charge is -2.58. The van der Waals surface area contributed by atoms with Gasteiger partial charge in [-0.2, -0.15) is 0 Å². The number of ether oxygens (including phenoxy) is 2. The Kier molecular flexibility index (Phi) is 2.13. The Morgan fingerprint density at radius 3 is 2.88 bits per heavy atom. The van der Waals surface area contributed by atoms with E-state index in [-0.39, 0.29) is 24.3 Å². The molecule has 1 amide bonds. The highest BCUT2D eigenvalue weighted by Crippen LogP contribution is 2.68. The van der Waals surface area contributed by atoms with Crippen molar-refractivity contribution in [2.24, 2.45) is 5.41 Å². The lowest BCUT2D eigenvalue weighted by atomic mass is 9.65. The minimum absolute atomic E-state index is 0.122. The van der Waals surface area contributed by atoms with Gasteiger partial charge in [0.05, 0.1) is 17.3 Å². The number of piperidine rings is 1. The summed E-state index contributed by atoms with van der Waals surface area (Å²) in [6.45, 7) is 1.92. The van der Waals surface area contributed by atoms with Gasteiger partial charge in [0.15, 0.2) is 11.5 Å². The average molecular weight is 350 g/mol. The van der Waals surface area contributed by atoms with E-state index in [4.69, 9.17) is 9.47 Å². The number of fused-ring (bicyclic) bond motifs is 4. The molecule has 6 nitrogen and oxygen atoms in total. The number of nitrogens with zero attached hydrogens (tertiary/aromatic N) is 2. The van der Waals surface area contributed by atoms with E-state index in [1.54, 1.807) is 0 Å². The van der Waals surface area contributed by atoms with Crippen LogP contribution in [0.5, 0.6) is 11.5 Å². The van der Waals surface area contributed by atoms with Gasteiger partial charge in [-0.25, -0.2) is 0 Å².